The molecule has 17 heavy (non-hydrogen) atoms. The van der Waals surface area contributed by atoms with E-state index in [1.807, 2.05) is 30.3 Å². The molecule has 0 radical (unpaired) electrons. The van der Waals surface area contributed by atoms with Crippen LogP contribution in [0, 0.1) is 0 Å². The van der Waals surface area contributed by atoms with E-state index in [0.717, 1.165) is 10.4 Å². The molecule has 0 fully saturated rings. The van der Waals surface area contributed by atoms with Gasteiger partial charge in [-0.3, -0.25) is 0 Å². The van der Waals surface area contributed by atoms with Crippen molar-refractivity contribution in [2.24, 2.45) is 0 Å². The topological polar surface area (TPSA) is 61.5 Å². The van der Waals surface area contributed by atoms with Crippen molar-refractivity contribution in [1.82, 2.24) is 0 Å². The van der Waals surface area contributed by atoms with Crippen molar-refractivity contribution in [3.63, 3.8) is 0 Å². The number of carbonyl (C=O) groups is 1. The van der Waals surface area contributed by atoms with Crippen LogP contribution < -0.4 is 10.5 Å². The summed E-state index contributed by atoms with van der Waals surface area (Å²) >= 11 is 1.36. The molecule has 2 aromatic rings. The highest BCUT2D eigenvalue weighted by atomic mass is 32.1. The van der Waals surface area contributed by atoms with Gasteiger partial charge in [0.1, 0.15) is 5.00 Å². The number of nitrogen functional groups attached to an aromatic ring is 1. The van der Waals surface area contributed by atoms with E-state index in [1.165, 1.54) is 18.4 Å². The smallest absolute Gasteiger partial charge is 0.437 e. The van der Waals surface area contributed by atoms with Crippen molar-refractivity contribution in [2.75, 3.05) is 12.8 Å². The number of thiophene rings is 1. The number of nitrogens with two attached hydrogens (primary N) is 1. The van der Waals surface area contributed by atoms with Crippen LogP contribution in [0.2, 0.25) is 0 Å². The largest absolute Gasteiger partial charge is 0.513 e. The summed E-state index contributed by atoms with van der Waals surface area (Å²) < 4.78 is 9.33. The lowest BCUT2D eigenvalue weighted by atomic mass is 10.2. The average molecular weight is 249 g/mol. The van der Waals surface area contributed by atoms with E-state index in [9.17, 15) is 4.79 Å². The zero-order valence-electron chi connectivity index (χ0n) is 9.17. The van der Waals surface area contributed by atoms with Crippen LogP contribution in [0.15, 0.2) is 36.4 Å². The number of anilines is 1. The molecule has 0 spiro atoms. The van der Waals surface area contributed by atoms with E-state index in [-0.39, 0.29) is 0 Å². The Balaban J connectivity index is 2.28. The van der Waals surface area contributed by atoms with Crippen LogP contribution in [0.5, 0.6) is 5.75 Å². The van der Waals surface area contributed by atoms with Gasteiger partial charge in [0.05, 0.1) is 7.11 Å². The zero-order valence-corrected chi connectivity index (χ0v) is 9.99. The van der Waals surface area contributed by atoms with Gasteiger partial charge < -0.3 is 15.2 Å². The Morgan fingerprint density at radius 3 is 2.65 bits per heavy atom. The molecule has 5 heteroatoms. The predicted octanol–water partition coefficient (Wildman–Crippen LogP) is 3.14. The number of methoxy groups -OCH3 is 1. The zero-order chi connectivity index (χ0) is 12.3. The first kappa shape index (κ1) is 11.5. The molecule has 0 saturated carbocycles. The fraction of sp³-hybridized carbons (Fsp3) is 0.0833. The lowest BCUT2D eigenvalue weighted by Gasteiger charge is -1.99. The molecule has 1 aromatic heterocycles. The molecule has 0 unspecified atom stereocenters. The normalized spacial score (nSPS) is 9.94. The molecule has 0 aliphatic carbocycles. The van der Waals surface area contributed by atoms with Crippen LogP contribution in [0.4, 0.5) is 9.80 Å². The quantitative estimate of drug-likeness (QED) is 0.830. The third-order valence-corrected chi connectivity index (χ3v) is 3.14. The molecule has 1 heterocycles. The third-order valence-electron chi connectivity index (χ3n) is 2.14. The second kappa shape index (κ2) is 4.88. The maximum Gasteiger partial charge on any atom is 0.513 e. The van der Waals surface area contributed by atoms with E-state index >= 15 is 0 Å². The van der Waals surface area contributed by atoms with E-state index in [2.05, 4.69) is 4.74 Å². The summed E-state index contributed by atoms with van der Waals surface area (Å²) in [7, 11) is 1.25. The molecule has 0 aliphatic heterocycles. The number of ether oxygens (including phenoxy) is 2. The highest BCUT2D eigenvalue weighted by Crippen LogP contribution is 2.38. The second-order valence-electron chi connectivity index (χ2n) is 3.26. The van der Waals surface area contributed by atoms with Gasteiger partial charge in [0.2, 0.25) is 0 Å². The standard InChI is InChI=1S/C12H11NO3S/c1-15-12(14)16-9-7-10(17-11(9)13)8-5-3-2-4-6-8/h2-7H,13H2,1H3. The average Bonchev–Trinajstić information content (AvgIpc) is 2.72. The van der Waals surface area contributed by atoms with E-state index in [0.29, 0.717) is 10.8 Å². The predicted molar refractivity (Wildman–Crippen MR) is 67.2 cm³/mol. The van der Waals surface area contributed by atoms with Crippen molar-refractivity contribution in [1.29, 1.82) is 0 Å². The Morgan fingerprint density at radius 1 is 1.29 bits per heavy atom. The van der Waals surface area contributed by atoms with Gasteiger partial charge in [-0.05, 0) is 5.56 Å². The molecule has 0 saturated heterocycles. The summed E-state index contributed by atoms with van der Waals surface area (Å²) in [6, 6.07) is 11.5. The van der Waals surface area contributed by atoms with Gasteiger partial charge in [-0.1, -0.05) is 30.3 Å². The molecule has 2 N–H and O–H groups in total. The summed E-state index contributed by atoms with van der Waals surface area (Å²) in [5, 5.41) is 0.453. The van der Waals surface area contributed by atoms with E-state index in [4.69, 9.17) is 10.5 Å². The lowest BCUT2D eigenvalue weighted by molar-refractivity contribution is 0.122. The van der Waals surface area contributed by atoms with Crippen LogP contribution >= 0.6 is 11.3 Å². The molecule has 1 aromatic carbocycles. The van der Waals surface area contributed by atoms with Crippen molar-refractivity contribution in [3.05, 3.63) is 36.4 Å². The molecule has 0 amide bonds. The fourth-order valence-corrected chi connectivity index (χ4v) is 2.20. The Kier molecular flexibility index (Phi) is 3.30. The highest BCUT2D eigenvalue weighted by molar-refractivity contribution is 7.19. The summed E-state index contributed by atoms with van der Waals surface area (Å²) in [6.07, 6.45) is -0.769. The van der Waals surface area contributed by atoms with Gasteiger partial charge in [0.15, 0.2) is 5.75 Å². The van der Waals surface area contributed by atoms with Crippen molar-refractivity contribution in [2.45, 2.75) is 0 Å². The Labute approximate surface area is 103 Å². The molecule has 2 rings (SSSR count). The number of hydrogen-bond acceptors (Lipinski definition) is 5. The number of rotatable bonds is 2. The minimum absolute atomic E-state index is 0.334. The van der Waals surface area contributed by atoms with Gasteiger partial charge in [-0.15, -0.1) is 11.3 Å². The van der Waals surface area contributed by atoms with Gasteiger partial charge in [-0.2, -0.15) is 0 Å². The summed E-state index contributed by atoms with van der Waals surface area (Å²) in [4.78, 5) is 11.9. The molecule has 4 nitrogen and oxygen atoms in total. The lowest BCUT2D eigenvalue weighted by Crippen LogP contribution is -2.07. The first-order chi connectivity index (χ1) is 8.20. The van der Waals surface area contributed by atoms with Crippen LogP contribution in [-0.2, 0) is 4.74 Å². The van der Waals surface area contributed by atoms with Gasteiger partial charge in [0, 0.05) is 10.9 Å². The van der Waals surface area contributed by atoms with Crippen LogP contribution in [0.25, 0.3) is 10.4 Å². The van der Waals surface area contributed by atoms with Gasteiger partial charge >= 0.3 is 6.16 Å². The van der Waals surface area contributed by atoms with Gasteiger partial charge in [-0.25, -0.2) is 4.79 Å². The SMILES string of the molecule is COC(=O)Oc1cc(-c2ccccc2)sc1N. The van der Waals surface area contributed by atoms with Crippen LogP contribution in [0.3, 0.4) is 0 Å². The van der Waals surface area contributed by atoms with Gasteiger partial charge in [0.25, 0.3) is 0 Å². The molecule has 88 valence electrons. The Hall–Kier alpha value is -2.01. The highest BCUT2D eigenvalue weighted by Gasteiger charge is 2.12. The molecular weight excluding hydrogens is 238 g/mol. The maximum atomic E-state index is 11.0. The molecule has 0 aliphatic rings. The van der Waals surface area contributed by atoms with Crippen molar-refractivity contribution < 1.29 is 14.3 Å². The Bertz CT molecular complexity index is 522. The van der Waals surface area contributed by atoms with Crippen molar-refractivity contribution in [3.8, 4) is 16.2 Å². The molecular formula is C12H11NO3S. The third kappa shape index (κ3) is 2.57. The number of hydrogen-bond donors (Lipinski definition) is 1. The summed E-state index contributed by atoms with van der Waals surface area (Å²) in [5.74, 6) is 0.334. The summed E-state index contributed by atoms with van der Waals surface area (Å²) in [5.41, 5.74) is 6.80. The first-order valence-corrected chi connectivity index (χ1v) is 5.73. The van der Waals surface area contributed by atoms with E-state index in [1.54, 1.807) is 6.07 Å². The minimum atomic E-state index is -0.769. The second-order valence-corrected chi connectivity index (χ2v) is 4.35. The Morgan fingerprint density at radius 2 is 2.00 bits per heavy atom. The monoisotopic (exact) mass is 249 g/mol. The first-order valence-electron chi connectivity index (χ1n) is 4.91. The minimum Gasteiger partial charge on any atom is -0.437 e. The summed E-state index contributed by atoms with van der Waals surface area (Å²) in [6.45, 7) is 0. The van der Waals surface area contributed by atoms with Crippen molar-refractivity contribution >= 4 is 22.5 Å². The maximum absolute atomic E-state index is 11.0. The number of carbonyl (C=O) groups excluding carboxylic acids is 1. The van der Waals surface area contributed by atoms with Crippen LogP contribution in [-0.4, -0.2) is 13.3 Å². The van der Waals surface area contributed by atoms with E-state index < -0.39 is 6.16 Å². The fourth-order valence-electron chi connectivity index (χ4n) is 1.34. The van der Waals surface area contributed by atoms with Crippen LogP contribution in [0.1, 0.15) is 0 Å². The number of benzene rings is 1. The molecule has 0 bridgehead atoms. The molecule has 0 atom stereocenters.